The molecular formula is C14H19BrN2S. The molecule has 1 aliphatic carbocycles. The Bertz CT molecular complexity index is 453. The number of rotatable bonds is 3. The Hall–Kier alpha value is -0.610. The SMILES string of the molecule is CC1(Nc2ccc(C(N)=S)c(Br)c2)CCCCC1. The quantitative estimate of drug-likeness (QED) is 0.817. The van der Waals surface area contributed by atoms with Crippen LogP contribution < -0.4 is 11.1 Å². The van der Waals surface area contributed by atoms with Crippen LogP contribution in [0, 0.1) is 0 Å². The summed E-state index contributed by atoms with van der Waals surface area (Å²) in [4.78, 5) is 0.428. The minimum Gasteiger partial charge on any atom is -0.389 e. The van der Waals surface area contributed by atoms with Crippen LogP contribution >= 0.6 is 28.1 Å². The summed E-state index contributed by atoms with van der Waals surface area (Å²) in [7, 11) is 0. The van der Waals surface area contributed by atoms with Gasteiger partial charge in [-0.25, -0.2) is 0 Å². The summed E-state index contributed by atoms with van der Waals surface area (Å²) in [5.74, 6) is 0. The highest BCUT2D eigenvalue weighted by Crippen LogP contribution is 2.32. The van der Waals surface area contributed by atoms with Crippen LogP contribution in [-0.4, -0.2) is 10.5 Å². The van der Waals surface area contributed by atoms with Gasteiger partial charge in [-0.15, -0.1) is 0 Å². The molecule has 0 atom stereocenters. The van der Waals surface area contributed by atoms with Crippen LogP contribution in [0.1, 0.15) is 44.6 Å². The zero-order valence-electron chi connectivity index (χ0n) is 10.6. The van der Waals surface area contributed by atoms with E-state index in [0.717, 1.165) is 15.7 Å². The van der Waals surface area contributed by atoms with E-state index in [0.29, 0.717) is 4.99 Å². The van der Waals surface area contributed by atoms with Gasteiger partial charge in [-0.3, -0.25) is 0 Å². The Balaban J connectivity index is 2.14. The van der Waals surface area contributed by atoms with E-state index >= 15 is 0 Å². The zero-order chi connectivity index (χ0) is 13.2. The molecule has 1 fully saturated rings. The Morgan fingerprint density at radius 3 is 2.56 bits per heavy atom. The third-order valence-electron chi connectivity index (χ3n) is 3.64. The van der Waals surface area contributed by atoms with Crippen molar-refractivity contribution in [3.05, 3.63) is 28.2 Å². The van der Waals surface area contributed by atoms with Crippen molar-refractivity contribution in [1.82, 2.24) is 0 Å². The fraction of sp³-hybridized carbons (Fsp3) is 0.500. The van der Waals surface area contributed by atoms with E-state index in [1.54, 1.807) is 0 Å². The highest BCUT2D eigenvalue weighted by atomic mass is 79.9. The Morgan fingerprint density at radius 1 is 1.33 bits per heavy atom. The number of anilines is 1. The predicted molar refractivity (Wildman–Crippen MR) is 85.1 cm³/mol. The second-order valence-corrected chi connectivity index (χ2v) is 6.60. The number of thiocarbonyl (C=S) groups is 1. The number of halogens is 1. The average Bonchev–Trinajstić information content (AvgIpc) is 2.28. The molecule has 0 amide bonds. The van der Waals surface area contributed by atoms with Gasteiger partial charge in [-0.05, 0) is 53.9 Å². The Morgan fingerprint density at radius 2 is 2.00 bits per heavy atom. The molecule has 18 heavy (non-hydrogen) atoms. The Labute approximate surface area is 122 Å². The van der Waals surface area contributed by atoms with Crippen LogP contribution in [0.25, 0.3) is 0 Å². The topological polar surface area (TPSA) is 38.0 Å². The molecule has 1 saturated carbocycles. The summed E-state index contributed by atoms with van der Waals surface area (Å²) in [6.45, 7) is 2.31. The van der Waals surface area contributed by atoms with Crippen molar-refractivity contribution in [3.63, 3.8) is 0 Å². The molecule has 0 aromatic heterocycles. The number of hydrogen-bond donors (Lipinski definition) is 2. The van der Waals surface area contributed by atoms with Gasteiger partial charge >= 0.3 is 0 Å². The van der Waals surface area contributed by atoms with Gasteiger partial charge in [0.2, 0.25) is 0 Å². The first-order valence-corrected chi connectivity index (χ1v) is 7.58. The van der Waals surface area contributed by atoms with Gasteiger partial charge in [-0.2, -0.15) is 0 Å². The van der Waals surface area contributed by atoms with E-state index in [9.17, 15) is 0 Å². The fourth-order valence-electron chi connectivity index (χ4n) is 2.60. The first kappa shape index (κ1) is 13.8. The van der Waals surface area contributed by atoms with Crippen molar-refractivity contribution in [2.24, 2.45) is 5.73 Å². The van der Waals surface area contributed by atoms with Gasteiger partial charge < -0.3 is 11.1 Å². The van der Waals surface area contributed by atoms with E-state index in [1.807, 2.05) is 6.07 Å². The third kappa shape index (κ3) is 3.23. The van der Waals surface area contributed by atoms with Crippen molar-refractivity contribution in [3.8, 4) is 0 Å². The van der Waals surface area contributed by atoms with Gasteiger partial charge in [0.25, 0.3) is 0 Å². The minimum absolute atomic E-state index is 0.225. The predicted octanol–water partition coefficient (Wildman–Crippen LogP) is 4.22. The average molecular weight is 327 g/mol. The molecule has 1 aromatic rings. The molecule has 1 aromatic carbocycles. The van der Waals surface area contributed by atoms with Crippen molar-refractivity contribution >= 4 is 38.8 Å². The summed E-state index contributed by atoms with van der Waals surface area (Å²) in [5.41, 5.74) is 7.90. The molecule has 2 nitrogen and oxygen atoms in total. The second kappa shape index (κ2) is 5.57. The van der Waals surface area contributed by atoms with Gasteiger partial charge in [0.05, 0.1) is 0 Å². The fourth-order valence-corrected chi connectivity index (χ4v) is 3.50. The lowest BCUT2D eigenvalue weighted by atomic mass is 9.83. The van der Waals surface area contributed by atoms with E-state index in [4.69, 9.17) is 18.0 Å². The molecule has 2 rings (SSSR count). The van der Waals surface area contributed by atoms with Crippen LogP contribution in [0.15, 0.2) is 22.7 Å². The highest BCUT2D eigenvalue weighted by Gasteiger charge is 2.26. The van der Waals surface area contributed by atoms with Crippen LogP contribution in [0.3, 0.4) is 0 Å². The maximum atomic E-state index is 5.66. The summed E-state index contributed by atoms with van der Waals surface area (Å²) in [5, 5.41) is 3.65. The minimum atomic E-state index is 0.225. The first-order chi connectivity index (χ1) is 8.50. The van der Waals surface area contributed by atoms with E-state index in [1.165, 1.54) is 32.1 Å². The molecule has 1 aliphatic rings. The van der Waals surface area contributed by atoms with Gasteiger partial charge in [0.1, 0.15) is 4.99 Å². The smallest absolute Gasteiger partial charge is 0.105 e. The number of nitrogens with two attached hydrogens (primary N) is 1. The summed E-state index contributed by atoms with van der Waals surface area (Å²) >= 11 is 8.53. The normalized spacial score (nSPS) is 18.3. The zero-order valence-corrected chi connectivity index (χ0v) is 13.0. The van der Waals surface area contributed by atoms with Crippen molar-refractivity contribution < 1.29 is 0 Å². The molecule has 0 unspecified atom stereocenters. The molecule has 0 spiro atoms. The summed E-state index contributed by atoms with van der Waals surface area (Å²) in [6, 6.07) is 6.09. The molecule has 0 saturated heterocycles. The van der Waals surface area contributed by atoms with Crippen LogP contribution in [0.5, 0.6) is 0 Å². The molecule has 98 valence electrons. The molecule has 0 aliphatic heterocycles. The largest absolute Gasteiger partial charge is 0.389 e. The van der Waals surface area contributed by atoms with Crippen molar-refractivity contribution in [2.45, 2.75) is 44.6 Å². The maximum absolute atomic E-state index is 5.66. The molecule has 0 bridgehead atoms. The first-order valence-electron chi connectivity index (χ1n) is 6.38. The number of hydrogen-bond acceptors (Lipinski definition) is 2. The molecule has 0 radical (unpaired) electrons. The molecular weight excluding hydrogens is 308 g/mol. The van der Waals surface area contributed by atoms with E-state index < -0.39 is 0 Å². The number of benzene rings is 1. The molecule has 4 heteroatoms. The standard InChI is InChI=1S/C14H19BrN2S/c1-14(7-3-2-4-8-14)17-10-5-6-11(13(16)18)12(15)9-10/h5-6,9,17H,2-4,7-8H2,1H3,(H2,16,18). The second-order valence-electron chi connectivity index (χ2n) is 5.31. The highest BCUT2D eigenvalue weighted by molar-refractivity contribution is 9.10. The lowest BCUT2D eigenvalue weighted by molar-refractivity contribution is 0.349. The van der Waals surface area contributed by atoms with E-state index in [-0.39, 0.29) is 5.54 Å². The van der Waals surface area contributed by atoms with Crippen molar-refractivity contribution in [2.75, 3.05) is 5.32 Å². The van der Waals surface area contributed by atoms with Crippen LogP contribution in [-0.2, 0) is 0 Å². The molecule has 3 N–H and O–H groups in total. The van der Waals surface area contributed by atoms with Gasteiger partial charge in [0, 0.05) is 21.3 Å². The molecule has 0 heterocycles. The lowest BCUT2D eigenvalue weighted by Gasteiger charge is -2.35. The monoisotopic (exact) mass is 326 g/mol. The maximum Gasteiger partial charge on any atom is 0.105 e. The van der Waals surface area contributed by atoms with Crippen molar-refractivity contribution in [1.29, 1.82) is 0 Å². The Kier molecular flexibility index (Phi) is 4.28. The third-order valence-corrected chi connectivity index (χ3v) is 4.51. The van der Waals surface area contributed by atoms with Gasteiger partial charge in [0.15, 0.2) is 0 Å². The van der Waals surface area contributed by atoms with Crippen LogP contribution in [0.2, 0.25) is 0 Å². The van der Waals surface area contributed by atoms with Gasteiger partial charge in [-0.1, -0.05) is 31.5 Å². The number of nitrogens with one attached hydrogen (secondary N) is 1. The van der Waals surface area contributed by atoms with E-state index in [2.05, 4.69) is 40.3 Å². The lowest BCUT2D eigenvalue weighted by Crippen LogP contribution is -2.36. The summed E-state index contributed by atoms with van der Waals surface area (Å²) < 4.78 is 0.958. The van der Waals surface area contributed by atoms with Crippen LogP contribution in [0.4, 0.5) is 5.69 Å². The summed E-state index contributed by atoms with van der Waals surface area (Å²) in [6.07, 6.45) is 6.47.